The average Bonchev–Trinajstić information content (AvgIpc) is 2.92. The van der Waals surface area contributed by atoms with Crippen molar-refractivity contribution in [1.82, 2.24) is 9.73 Å². The molecular weight excluding hydrogens is 493 g/mol. The van der Waals surface area contributed by atoms with Gasteiger partial charge in [0.05, 0.1) is 17.7 Å². The van der Waals surface area contributed by atoms with Crippen molar-refractivity contribution in [2.75, 3.05) is 6.54 Å². The summed E-state index contributed by atoms with van der Waals surface area (Å²) in [5, 5.41) is 4.01. The Morgan fingerprint density at radius 3 is 2.46 bits per heavy atom. The molecule has 3 aromatic rings. The van der Waals surface area contributed by atoms with Gasteiger partial charge in [-0.2, -0.15) is 9.41 Å². The summed E-state index contributed by atoms with van der Waals surface area (Å²) in [6.07, 6.45) is 5.64. The highest BCUT2D eigenvalue weighted by Crippen LogP contribution is 2.27. The van der Waals surface area contributed by atoms with E-state index in [1.807, 2.05) is 48.5 Å². The van der Waals surface area contributed by atoms with Crippen molar-refractivity contribution < 1.29 is 22.3 Å². The predicted octanol–water partition coefficient (Wildman–Crippen LogP) is 4.88. The van der Waals surface area contributed by atoms with Crippen LogP contribution in [-0.4, -0.2) is 37.4 Å². The van der Waals surface area contributed by atoms with E-state index >= 15 is 0 Å². The lowest BCUT2D eigenvalue weighted by Gasteiger charge is -2.32. The highest BCUT2D eigenvalue weighted by atomic mass is 32.2. The first-order chi connectivity index (χ1) is 17.9. The van der Waals surface area contributed by atoms with E-state index in [1.54, 1.807) is 6.07 Å². The van der Waals surface area contributed by atoms with Crippen LogP contribution in [0.2, 0.25) is 0 Å². The molecule has 194 valence electrons. The maximum absolute atomic E-state index is 13.4. The topological polar surface area (TPSA) is 88.1 Å². The summed E-state index contributed by atoms with van der Waals surface area (Å²) in [6, 6.07) is 21.4. The second-order valence-electron chi connectivity index (χ2n) is 8.94. The molecule has 0 radical (unpaired) electrons. The van der Waals surface area contributed by atoms with E-state index in [4.69, 9.17) is 4.74 Å². The van der Waals surface area contributed by atoms with Crippen LogP contribution in [-0.2, 0) is 21.4 Å². The Labute approximate surface area is 217 Å². The number of hydrogen-bond donors (Lipinski definition) is 1. The summed E-state index contributed by atoms with van der Waals surface area (Å²) >= 11 is 0. The third-order valence-corrected chi connectivity index (χ3v) is 8.12. The lowest BCUT2D eigenvalue weighted by molar-refractivity contribution is -0.121. The number of nitrogens with one attached hydrogen (secondary N) is 1. The average molecular weight is 524 g/mol. The zero-order valence-electron chi connectivity index (χ0n) is 20.4. The van der Waals surface area contributed by atoms with Crippen LogP contribution < -0.4 is 10.2 Å². The number of sulfonamides is 1. The first kappa shape index (κ1) is 26.5. The van der Waals surface area contributed by atoms with Gasteiger partial charge in [-0.1, -0.05) is 61.7 Å². The van der Waals surface area contributed by atoms with Gasteiger partial charge < -0.3 is 4.74 Å². The van der Waals surface area contributed by atoms with Crippen LogP contribution in [0.25, 0.3) is 0 Å². The fourth-order valence-corrected chi connectivity index (χ4v) is 5.94. The second kappa shape index (κ2) is 12.6. The van der Waals surface area contributed by atoms with Gasteiger partial charge in [-0.25, -0.2) is 18.2 Å². The van der Waals surface area contributed by atoms with Gasteiger partial charge in [-0.3, -0.25) is 4.79 Å². The number of ether oxygens (including phenoxy) is 1. The fraction of sp³-hybridized carbons (Fsp3) is 0.286. The highest BCUT2D eigenvalue weighted by molar-refractivity contribution is 7.89. The smallest absolute Gasteiger partial charge is 0.255 e. The van der Waals surface area contributed by atoms with Crippen LogP contribution in [0.3, 0.4) is 0 Å². The third kappa shape index (κ3) is 7.47. The maximum atomic E-state index is 13.4. The molecule has 0 bridgehead atoms. The van der Waals surface area contributed by atoms with Crippen molar-refractivity contribution in [2.45, 2.75) is 49.6 Å². The van der Waals surface area contributed by atoms with Gasteiger partial charge in [-0.05, 0) is 60.4 Å². The zero-order chi connectivity index (χ0) is 26.1. The van der Waals surface area contributed by atoms with Crippen molar-refractivity contribution in [1.29, 1.82) is 0 Å². The molecule has 1 N–H and O–H groups in total. The number of halogens is 1. The van der Waals surface area contributed by atoms with Gasteiger partial charge in [0.2, 0.25) is 10.0 Å². The van der Waals surface area contributed by atoms with Crippen LogP contribution in [0.5, 0.6) is 5.75 Å². The van der Waals surface area contributed by atoms with E-state index in [0.717, 1.165) is 37.0 Å². The summed E-state index contributed by atoms with van der Waals surface area (Å²) in [5.41, 5.74) is 4.20. The number of hydrogen-bond acceptors (Lipinski definition) is 5. The molecule has 1 aliphatic rings. The molecule has 1 fully saturated rings. The van der Waals surface area contributed by atoms with Gasteiger partial charge in [0.1, 0.15) is 18.2 Å². The first-order valence-electron chi connectivity index (χ1n) is 12.3. The van der Waals surface area contributed by atoms with Crippen molar-refractivity contribution in [3.8, 4) is 5.75 Å². The molecule has 0 heterocycles. The van der Waals surface area contributed by atoms with Crippen LogP contribution >= 0.6 is 0 Å². The fourth-order valence-electron chi connectivity index (χ4n) is 4.30. The summed E-state index contributed by atoms with van der Waals surface area (Å²) in [6.45, 7) is 0.0552. The summed E-state index contributed by atoms with van der Waals surface area (Å²) < 4.78 is 47.1. The number of carbonyl (C=O) groups excluding carboxylic acids is 1. The summed E-state index contributed by atoms with van der Waals surface area (Å²) in [5.74, 6) is -0.415. The lowest BCUT2D eigenvalue weighted by Crippen LogP contribution is -2.46. The SMILES string of the molecule is O=C(CN(C1CCCCC1)S(=O)(=O)c1ccc(F)cc1)N/N=C\c1cccc(OCc2ccccc2)c1. The normalized spacial score (nSPS) is 14.6. The Balaban J connectivity index is 1.39. The molecule has 0 spiro atoms. The number of nitrogens with zero attached hydrogens (tertiary/aromatic N) is 2. The summed E-state index contributed by atoms with van der Waals surface area (Å²) in [7, 11) is -3.99. The Hall–Kier alpha value is -3.56. The number of amides is 1. The highest BCUT2D eigenvalue weighted by Gasteiger charge is 2.34. The van der Waals surface area contributed by atoms with E-state index in [2.05, 4.69) is 10.5 Å². The number of hydrazone groups is 1. The molecule has 1 saturated carbocycles. The minimum Gasteiger partial charge on any atom is -0.489 e. The van der Waals surface area contributed by atoms with Gasteiger partial charge in [0.25, 0.3) is 5.91 Å². The van der Waals surface area contributed by atoms with E-state index in [0.29, 0.717) is 30.8 Å². The molecule has 7 nitrogen and oxygen atoms in total. The van der Waals surface area contributed by atoms with E-state index in [-0.39, 0.29) is 17.5 Å². The Bertz CT molecular complexity index is 1310. The van der Waals surface area contributed by atoms with E-state index in [9.17, 15) is 17.6 Å². The monoisotopic (exact) mass is 523 g/mol. The van der Waals surface area contributed by atoms with Crippen LogP contribution in [0.1, 0.15) is 43.2 Å². The summed E-state index contributed by atoms with van der Waals surface area (Å²) in [4.78, 5) is 12.7. The molecular formula is C28H30FN3O4S. The molecule has 4 rings (SSSR count). The lowest BCUT2D eigenvalue weighted by atomic mass is 9.95. The Kier molecular flexibility index (Phi) is 9.03. The number of rotatable bonds is 10. The van der Waals surface area contributed by atoms with Crippen molar-refractivity contribution in [3.05, 3.63) is 95.8 Å². The van der Waals surface area contributed by atoms with Gasteiger partial charge in [0, 0.05) is 6.04 Å². The molecule has 0 aromatic heterocycles. The van der Waals surface area contributed by atoms with E-state index < -0.39 is 21.7 Å². The van der Waals surface area contributed by atoms with Crippen LogP contribution in [0.4, 0.5) is 4.39 Å². The zero-order valence-corrected chi connectivity index (χ0v) is 21.2. The standard InChI is InChI=1S/C28H30FN3O4S/c29-24-14-16-27(17-15-24)37(34,35)32(25-11-5-2-6-12-25)20-28(33)31-30-19-23-10-7-13-26(18-23)36-21-22-8-3-1-4-9-22/h1,3-4,7-10,13-19,25H,2,5-6,11-12,20-21H2,(H,31,33)/b30-19-. The Morgan fingerprint density at radius 1 is 1.00 bits per heavy atom. The molecule has 1 aliphatic carbocycles. The van der Waals surface area contributed by atoms with Gasteiger partial charge in [-0.15, -0.1) is 0 Å². The molecule has 37 heavy (non-hydrogen) atoms. The van der Waals surface area contributed by atoms with Crippen molar-refractivity contribution in [2.24, 2.45) is 5.10 Å². The minimum atomic E-state index is -3.99. The molecule has 1 amide bonds. The molecule has 0 aliphatic heterocycles. The first-order valence-corrected chi connectivity index (χ1v) is 13.7. The minimum absolute atomic E-state index is 0.0388. The van der Waals surface area contributed by atoms with Crippen LogP contribution in [0, 0.1) is 5.82 Å². The molecule has 9 heteroatoms. The molecule has 3 aromatic carbocycles. The number of carbonyl (C=O) groups is 1. The van der Waals surface area contributed by atoms with Crippen LogP contribution in [0.15, 0.2) is 88.9 Å². The van der Waals surface area contributed by atoms with Crippen molar-refractivity contribution >= 4 is 22.1 Å². The van der Waals surface area contributed by atoms with E-state index in [1.165, 1.54) is 22.7 Å². The maximum Gasteiger partial charge on any atom is 0.255 e. The molecule has 0 saturated heterocycles. The number of benzene rings is 3. The quantitative estimate of drug-likeness (QED) is 0.303. The third-order valence-electron chi connectivity index (χ3n) is 6.21. The Morgan fingerprint density at radius 2 is 1.73 bits per heavy atom. The predicted molar refractivity (Wildman–Crippen MR) is 140 cm³/mol. The second-order valence-corrected chi connectivity index (χ2v) is 10.8. The van der Waals surface area contributed by atoms with Crippen molar-refractivity contribution in [3.63, 3.8) is 0 Å². The van der Waals surface area contributed by atoms with Gasteiger partial charge in [0.15, 0.2) is 0 Å². The van der Waals surface area contributed by atoms with Gasteiger partial charge >= 0.3 is 0 Å². The largest absolute Gasteiger partial charge is 0.489 e. The molecule has 0 atom stereocenters. The molecule has 0 unspecified atom stereocenters.